The highest BCUT2D eigenvalue weighted by molar-refractivity contribution is 5.73. The van der Waals surface area contributed by atoms with Gasteiger partial charge in [-0.1, -0.05) is 12.1 Å². The molecule has 3 rings (SSSR count). The molecule has 21 heavy (non-hydrogen) atoms. The van der Waals surface area contributed by atoms with Crippen LogP contribution >= 0.6 is 0 Å². The van der Waals surface area contributed by atoms with E-state index < -0.39 is 0 Å². The molecule has 1 aromatic rings. The molecule has 2 aliphatic heterocycles. The number of para-hydroxylation sites is 1. The molecule has 0 aliphatic carbocycles. The van der Waals surface area contributed by atoms with Crippen LogP contribution in [0.1, 0.15) is 18.9 Å². The maximum absolute atomic E-state index is 11.4. The zero-order valence-corrected chi connectivity index (χ0v) is 12.4. The van der Waals surface area contributed by atoms with Gasteiger partial charge in [0.05, 0.1) is 18.8 Å². The van der Waals surface area contributed by atoms with Gasteiger partial charge < -0.3 is 19.7 Å². The first kappa shape index (κ1) is 14.2. The van der Waals surface area contributed by atoms with Gasteiger partial charge in [-0.25, -0.2) is 0 Å². The van der Waals surface area contributed by atoms with Gasteiger partial charge in [-0.3, -0.25) is 4.79 Å². The van der Waals surface area contributed by atoms with Crippen LogP contribution in [0.25, 0.3) is 0 Å². The molecule has 2 aliphatic rings. The topological polar surface area (TPSA) is 50.8 Å². The number of carbonyl (C=O) groups is 1. The van der Waals surface area contributed by atoms with E-state index in [1.807, 2.05) is 17.0 Å². The lowest BCUT2D eigenvalue weighted by molar-refractivity contribution is -0.137. The Morgan fingerprint density at radius 3 is 3.29 bits per heavy atom. The number of anilines is 1. The first-order valence-electron chi connectivity index (χ1n) is 7.59. The Morgan fingerprint density at radius 2 is 2.43 bits per heavy atom. The van der Waals surface area contributed by atoms with E-state index >= 15 is 0 Å². The van der Waals surface area contributed by atoms with Gasteiger partial charge in [-0.05, 0) is 24.5 Å². The molecular formula is C16H22N2O3. The molecule has 0 bridgehead atoms. The quantitative estimate of drug-likeness (QED) is 0.920. The van der Waals surface area contributed by atoms with Gasteiger partial charge >= 0.3 is 0 Å². The molecule has 0 radical (unpaired) electrons. The summed E-state index contributed by atoms with van der Waals surface area (Å²) in [5.74, 6) is 0.984. The van der Waals surface area contributed by atoms with E-state index in [0.717, 1.165) is 30.8 Å². The van der Waals surface area contributed by atoms with Crippen LogP contribution in [0.5, 0.6) is 5.75 Å². The van der Waals surface area contributed by atoms with Crippen LogP contribution in [0.4, 0.5) is 5.69 Å². The molecule has 0 spiro atoms. The number of ether oxygens (including phenoxy) is 2. The predicted molar refractivity (Wildman–Crippen MR) is 80.7 cm³/mol. The summed E-state index contributed by atoms with van der Waals surface area (Å²) >= 11 is 0. The Morgan fingerprint density at radius 1 is 1.52 bits per heavy atom. The Bertz CT molecular complexity index is 518. The standard InChI is InChI=1S/C16H22N2O3/c1-12(19)18-8-9-20-14(10-18)11-21-15-6-2-4-13-5-3-7-17-16(13)15/h2,4,6,14,17H,3,5,7-11H2,1H3/t14-/m0/s1. The van der Waals surface area contributed by atoms with Gasteiger partial charge in [0.2, 0.25) is 5.91 Å². The summed E-state index contributed by atoms with van der Waals surface area (Å²) in [5.41, 5.74) is 2.43. The van der Waals surface area contributed by atoms with Crippen molar-refractivity contribution < 1.29 is 14.3 Å². The molecule has 114 valence electrons. The molecule has 5 heteroatoms. The highest BCUT2D eigenvalue weighted by atomic mass is 16.5. The molecule has 1 amide bonds. The number of hydrogen-bond donors (Lipinski definition) is 1. The van der Waals surface area contributed by atoms with E-state index in [2.05, 4.69) is 11.4 Å². The van der Waals surface area contributed by atoms with Crippen molar-refractivity contribution in [3.8, 4) is 5.75 Å². The van der Waals surface area contributed by atoms with E-state index in [1.165, 1.54) is 5.56 Å². The molecule has 1 N–H and O–H groups in total. The number of morpholine rings is 1. The van der Waals surface area contributed by atoms with Gasteiger partial charge in [0.1, 0.15) is 18.5 Å². The summed E-state index contributed by atoms with van der Waals surface area (Å²) in [5, 5.41) is 3.42. The minimum Gasteiger partial charge on any atom is -0.489 e. The maximum Gasteiger partial charge on any atom is 0.219 e. The maximum atomic E-state index is 11.4. The number of hydrogen-bond acceptors (Lipinski definition) is 4. The van der Waals surface area contributed by atoms with Crippen LogP contribution in [-0.2, 0) is 16.0 Å². The van der Waals surface area contributed by atoms with Crippen molar-refractivity contribution in [1.82, 2.24) is 4.90 Å². The summed E-state index contributed by atoms with van der Waals surface area (Å²) in [4.78, 5) is 13.2. The largest absolute Gasteiger partial charge is 0.489 e. The Labute approximate surface area is 125 Å². The fourth-order valence-corrected chi connectivity index (χ4v) is 2.89. The van der Waals surface area contributed by atoms with Crippen LogP contribution in [0.2, 0.25) is 0 Å². The van der Waals surface area contributed by atoms with Gasteiger partial charge in [-0.2, -0.15) is 0 Å². The monoisotopic (exact) mass is 290 g/mol. The summed E-state index contributed by atoms with van der Waals surface area (Å²) in [7, 11) is 0. The highest BCUT2D eigenvalue weighted by Crippen LogP contribution is 2.32. The minimum atomic E-state index is -0.0536. The van der Waals surface area contributed by atoms with Crippen LogP contribution in [-0.4, -0.2) is 49.8 Å². The van der Waals surface area contributed by atoms with Crippen molar-refractivity contribution in [2.24, 2.45) is 0 Å². The van der Waals surface area contributed by atoms with Crippen molar-refractivity contribution in [3.05, 3.63) is 23.8 Å². The van der Waals surface area contributed by atoms with Crippen molar-refractivity contribution in [1.29, 1.82) is 0 Å². The van der Waals surface area contributed by atoms with Crippen molar-refractivity contribution >= 4 is 11.6 Å². The SMILES string of the molecule is CC(=O)N1CCO[C@H](COc2cccc3c2NCCC3)C1. The Kier molecular flexibility index (Phi) is 4.29. The van der Waals surface area contributed by atoms with Gasteiger partial charge in [0.15, 0.2) is 0 Å². The van der Waals surface area contributed by atoms with Crippen molar-refractivity contribution in [2.75, 3.05) is 38.2 Å². The zero-order valence-electron chi connectivity index (χ0n) is 12.4. The number of rotatable bonds is 3. The fraction of sp³-hybridized carbons (Fsp3) is 0.562. The van der Waals surface area contributed by atoms with Gasteiger partial charge in [0.25, 0.3) is 0 Å². The Hall–Kier alpha value is -1.75. The molecule has 1 fully saturated rings. The molecule has 5 nitrogen and oxygen atoms in total. The lowest BCUT2D eigenvalue weighted by atomic mass is 10.0. The summed E-state index contributed by atoms with van der Waals surface area (Å²) in [6.07, 6.45) is 2.20. The second-order valence-corrected chi connectivity index (χ2v) is 5.59. The molecule has 0 unspecified atom stereocenters. The lowest BCUT2D eigenvalue weighted by Gasteiger charge is -2.32. The average molecular weight is 290 g/mol. The van der Waals surface area contributed by atoms with E-state index in [9.17, 15) is 4.79 Å². The second-order valence-electron chi connectivity index (χ2n) is 5.59. The number of aryl methyl sites for hydroxylation is 1. The lowest BCUT2D eigenvalue weighted by Crippen LogP contribution is -2.46. The number of fused-ring (bicyclic) bond motifs is 1. The number of nitrogens with zero attached hydrogens (tertiary/aromatic N) is 1. The molecule has 2 heterocycles. The van der Waals surface area contributed by atoms with Crippen LogP contribution in [0.3, 0.4) is 0 Å². The fourth-order valence-electron chi connectivity index (χ4n) is 2.89. The third kappa shape index (κ3) is 3.29. The van der Waals surface area contributed by atoms with Gasteiger partial charge in [-0.15, -0.1) is 0 Å². The third-order valence-electron chi connectivity index (χ3n) is 4.05. The summed E-state index contributed by atoms with van der Waals surface area (Å²) in [6, 6.07) is 6.16. The number of amides is 1. The van der Waals surface area contributed by atoms with Crippen LogP contribution < -0.4 is 10.1 Å². The van der Waals surface area contributed by atoms with Gasteiger partial charge in [0, 0.05) is 20.0 Å². The van der Waals surface area contributed by atoms with Crippen molar-refractivity contribution in [3.63, 3.8) is 0 Å². The summed E-state index contributed by atoms with van der Waals surface area (Å²) < 4.78 is 11.6. The third-order valence-corrected chi connectivity index (χ3v) is 4.05. The first-order chi connectivity index (χ1) is 10.2. The van der Waals surface area contributed by atoms with E-state index in [-0.39, 0.29) is 12.0 Å². The average Bonchev–Trinajstić information content (AvgIpc) is 2.53. The minimum absolute atomic E-state index is 0.0536. The van der Waals surface area contributed by atoms with E-state index in [4.69, 9.17) is 9.47 Å². The van der Waals surface area contributed by atoms with E-state index in [0.29, 0.717) is 26.3 Å². The molecule has 0 saturated carbocycles. The zero-order chi connectivity index (χ0) is 14.7. The summed E-state index contributed by atoms with van der Waals surface area (Å²) in [6.45, 7) is 4.93. The normalized spacial score (nSPS) is 21.4. The highest BCUT2D eigenvalue weighted by Gasteiger charge is 2.23. The smallest absolute Gasteiger partial charge is 0.219 e. The van der Waals surface area contributed by atoms with E-state index in [1.54, 1.807) is 6.92 Å². The molecule has 1 saturated heterocycles. The molecule has 1 atom stereocenters. The Balaban J connectivity index is 1.61. The van der Waals surface area contributed by atoms with Crippen molar-refractivity contribution in [2.45, 2.75) is 25.9 Å². The second kappa shape index (κ2) is 6.35. The first-order valence-corrected chi connectivity index (χ1v) is 7.59. The number of carbonyl (C=O) groups excluding carboxylic acids is 1. The van der Waals surface area contributed by atoms with Crippen LogP contribution in [0.15, 0.2) is 18.2 Å². The molecule has 1 aromatic carbocycles. The number of nitrogens with one attached hydrogen (secondary N) is 1. The molecule has 0 aromatic heterocycles. The van der Waals surface area contributed by atoms with Crippen LogP contribution in [0, 0.1) is 0 Å². The predicted octanol–water partition coefficient (Wildman–Crippen LogP) is 1.67. The molecular weight excluding hydrogens is 268 g/mol. The number of benzene rings is 1.